The Kier molecular flexibility index (Phi) is 16.4. The van der Waals surface area contributed by atoms with Gasteiger partial charge in [0, 0.05) is 40.9 Å². The van der Waals surface area contributed by atoms with Gasteiger partial charge in [-0.1, -0.05) is 134 Å². The second-order valence-electron chi connectivity index (χ2n) is 20.2. The van der Waals surface area contributed by atoms with E-state index in [2.05, 4.69) is 120 Å². The molecule has 0 amide bonds. The molecule has 8 nitrogen and oxygen atoms in total. The van der Waals surface area contributed by atoms with Gasteiger partial charge >= 0.3 is 0 Å². The lowest BCUT2D eigenvalue weighted by Gasteiger charge is -2.22. The van der Waals surface area contributed by atoms with Crippen molar-refractivity contribution in [1.29, 1.82) is 0 Å². The number of hydrogen-bond acceptors (Lipinski definition) is 8. The lowest BCUT2D eigenvalue weighted by atomic mass is 9.82. The Hall–Kier alpha value is -6.42. The average Bonchev–Trinajstić information content (AvgIpc) is 3.18. The fourth-order valence-electron chi connectivity index (χ4n) is 7.43. The third-order valence-electron chi connectivity index (χ3n) is 11.1. The van der Waals surface area contributed by atoms with E-state index in [1.165, 1.54) is 28.1 Å². The summed E-state index contributed by atoms with van der Waals surface area (Å²) >= 11 is 0. The number of hydrogen-bond donors (Lipinski definition) is 4. The van der Waals surface area contributed by atoms with Gasteiger partial charge in [0.25, 0.3) is 0 Å². The topological polar surface area (TPSA) is 156 Å². The Labute approximate surface area is 386 Å². The van der Waals surface area contributed by atoms with Crippen LogP contribution in [-0.2, 0) is 21.7 Å². The fraction of sp³-hybridized carbons (Fsp3) is 0.345. The number of aromatic nitrogens is 4. The van der Waals surface area contributed by atoms with Crippen molar-refractivity contribution in [2.45, 2.75) is 127 Å². The Morgan fingerprint density at radius 2 is 0.831 bits per heavy atom. The van der Waals surface area contributed by atoms with Crippen LogP contribution in [0.1, 0.15) is 126 Å². The molecule has 8 rings (SSSR count). The molecular formula is C55H72F2N8. The molecule has 0 fully saturated rings. The normalized spacial score (nSPS) is 11.6. The summed E-state index contributed by atoms with van der Waals surface area (Å²) in [5.74, 6) is 1.31. The fourth-order valence-corrected chi connectivity index (χ4v) is 7.43. The molecule has 0 unspecified atom stereocenters. The van der Waals surface area contributed by atoms with Crippen molar-refractivity contribution >= 4 is 66.4 Å². The first-order valence-corrected chi connectivity index (χ1v) is 21.2. The Balaban J connectivity index is 0.000000228. The van der Waals surface area contributed by atoms with Crippen LogP contribution in [0.5, 0.6) is 0 Å². The number of rotatable bonds is 0. The summed E-state index contributed by atoms with van der Waals surface area (Å²) in [6.07, 6.45) is 6.77. The van der Waals surface area contributed by atoms with Crippen LogP contribution < -0.4 is 22.9 Å². The van der Waals surface area contributed by atoms with Crippen molar-refractivity contribution in [2.75, 3.05) is 22.9 Å². The molecule has 0 aliphatic carbocycles. The first-order valence-electron chi connectivity index (χ1n) is 21.2. The minimum absolute atomic E-state index is 0. The van der Waals surface area contributed by atoms with Crippen molar-refractivity contribution in [2.24, 2.45) is 0 Å². The smallest absolute Gasteiger partial charge is 0.135 e. The molecule has 8 aromatic rings. The number of nitrogens with two attached hydrogens (primary N) is 4. The molecule has 65 heavy (non-hydrogen) atoms. The van der Waals surface area contributed by atoms with E-state index >= 15 is 0 Å². The van der Waals surface area contributed by atoms with Gasteiger partial charge in [-0.15, -0.1) is 0 Å². The van der Waals surface area contributed by atoms with E-state index in [-0.39, 0.29) is 54.0 Å². The van der Waals surface area contributed by atoms with Gasteiger partial charge in [0.2, 0.25) is 0 Å². The Morgan fingerprint density at radius 1 is 0.385 bits per heavy atom. The van der Waals surface area contributed by atoms with Crippen LogP contribution in [0.3, 0.4) is 0 Å². The van der Waals surface area contributed by atoms with Crippen LogP contribution in [0.25, 0.3) is 43.1 Å². The molecule has 0 aliphatic rings. The summed E-state index contributed by atoms with van der Waals surface area (Å²) in [5, 5.41) is 7.27. The molecule has 0 saturated carbocycles. The van der Waals surface area contributed by atoms with Crippen LogP contribution in [0, 0.1) is 18.6 Å². The van der Waals surface area contributed by atoms with E-state index < -0.39 is 0 Å². The van der Waals surface area contributed by atoms with Gasteiger partial charge < -0.3 is 22.9 Å². The highest BCUT2D eigenvalue weighted by Crippen LogP contribution is 2.34. The number of benzene rings is 4. The Morgan fingerprint density at radius 3 is 1.37 bits per heavy atom. The average molecular weight is 883 g/mol. The van der Waals surface area contributed by atoms with Gasteiger partial charge in [-0.3, -0.25) is 0 Å². The van der Waals surface area contributed by atoms with E-state index in [1.54, 1.807) is 36.9 Å². The zero-order chi connectivity index (χ0) is 46.8. The Bertz CT molecular complexity index is 2890. The van der Waals surface area contributed by atoms with Gasteiger partial charge in [-0.05, 0) is 120 Å². The second kappa shape index (κ2) is 20.2. The number of nitrogen functional groups attached to an aromatic ring is 4. The van der Waals surface area contributed by atoms with Gasteiger partial charge in [-0.25, -0.2) is 28.7 Å². The maximum Gasteiger partial charge on any atom is 0.135 e. The summed E-state index contributed by atoms with van der Waals surface area (Å²) in [6.45, 7) is 27.6. The number of pyridine rings is 4. The van der Waals surface area contributed by atoms with Crippen molar-refractivity contribution in [3.05, 3.63) is 143 Å². The molecule has 0 bridgehead atoms. The highest BCUT2D eigenvalue weighted by Gasteiger charge is 2.21. The van der Waals surface area contributed by atoms with Crippen LogP contribution in [0.4, 0.5) is 32.1 Å². The molecule has 4 heterocycles. The maximum atomic E-state index is 13.9. The summed E-state index contributed by atoms with van der Waals surface area (Å²) < 4.78 is 27.8. The third kappa shape index (κ3) is 12.4. The third-order valence-corrected chi connectivity index (χ3v) is 11.1. The molecule has 0 radical (unpaired) electrons. The van der Waals surface area contributed by atoms with Crippen LogP contribution in [0.2, 0.25) is 0 Å². The lowest BCUT2D eigenvalue weighted by molar-refractivity contribution is 0.524. The van der Waals surface area contributed by atoms with Gasteiger partial charge in [0.15, 0.2) is 0 Å². The molecule has 0 atom stereocenters. The monoisotopic (exact) mass is 883 g/mol. The second-order valence-corrected chi connectivity index (χ2v) is 20.2. The minimum atomic E-state index is -0.298. The number of nitrogens with zero attached hydrogens (tertiary/aromatic N) is 4. The molecule has 0 spiro atoms. The summed E-state index contributed by atoms with van der Waals surface area (Å²) in [5.41, 5.74) is 28.7. The maximum absolute atomic E-state index is 13.9. The zero-order valence-electron chi connectivity index (χ0n) is 39.2. The van der Waals surface area contributed by atoms with Crippen LogP contribution >= 0.6 is 0 Å². The standard InChI is InChI=1S/C14H18N2.2C13H15FN2.C13H16N2.2CH4/c1-9-10-7-8-16-13(15)11(10)5-6-12(9)14(2,3)4;1-13(2,3)10-6-8-4-5-16-12(15)9(8)7-11(10)14;1-13(2,3)9-6-8-4-5-16-12(15)11(8)10(14)7-9;1-13(2,3)10-4-5-11-9(8-10)6-7-15-12(11)14;;/h5-8H,1-4H3,(H2,15,16);2*4-7H,1-3H3,(H2,15,16);4-8H,1-3H3,(H2,14,15);2*1H4. The summed E-state index contributed by atoms with van der Waals surface area (Å²) in [6, 6.07) is 25.1. The lowest BCUT2D eigenvalue weighted by Crippen LogP contribution is -2.13. The van der Waals surface area contributed by atoms with E-state index in [0.29, 0.717) is 33.8 Å². The first-order chi connectivity index (χ1) is 29.2. The van der Waals surface area contributed by atoms with E-state index in [0.717, 1.165) is 32.5 Å². The van der Waals surface area contributed by atoms with Gasteiger partial charge in [0.1, 0.15) is 34.9 Å². The van der Waals surface area contributed by atoms with Crippen molar-refractivity contribution in [3.63, 3.8) is 0 Å². The largest absolute Gasteiger partial charge is 0.383 e. The van der Waals surface area contributed by atoms with E-state index in [9.17, 15) is 8.78 Å². The zero-order valence-corrected chi connectivity index (χ0v) is 39.2. The molecule has 4 aromatic carbocycles. The van der Waals surface area contributed by atoms with Crippen LogP contribution in [0.15, 0.2) is 104 Å². The number of anilines is 4. The number of halogens is 2. The number of fused-ring (bicyclic) bond motifs is 4. The summed E-state index contributed by atoms with van der Waals surface area (Å²) in [7, 11) is 0. The van der Waals surface area contributed by atoms with E-state index in [4.69, 9.17) is 22.9 Å². The van der Waals surface area contributed by atoms with E-state index in [1.807, 2.05) is 51.1 Å². The molecule has 8 N–H and O–H groups in total. The number of aryl methyl sites for hydroxylation is 1. The highest BCUT2D eigenvalue weighted by molar-refractivity contribution is 5.95. The highest BCUT2D eigenvalue weighted by atomic mass is 19.1. The molecular weight excluding hydrogens is 811 g/mol. The molecule has 346 valence electrons. The SMILES string of the molecule is C.C.CC(C)(C)c1cc(F)c2c(N)nccc2c1.CC(C)(C)c1cc2ccnc(N)c2cc1F.CC(C)(C)c1ccc2c(N)nccc2c1.Cc1c(C(C)(C)C)ccc2c(N)nccc12. The quantitative estimate of drug-likeness (QED) is 0.117. The van der Waals surface area contributed by atoms with Crippen molar-refractivity contribution in [3.8, 4) is 0 Å². The van der Waals surface area contributed by atoms with Crippen LogP contribution in [-0.4, -0.2) is 19.9 Å². The van der Waals surface area contributed by atoms with Gasteiger partial charge in [-0.2, -0.15) is 0 Å². The van der Waals surface area contributed by atoms with Crippen molar-refractivity contribution in [1.82, 2.24) is 19.9 Å². The molecule has 10 heteroatoms. The van der Waals surface area contributed by atoms with Crippen molar-refractivity contribution < 1.29 is 8.78 Å². The molecule has 4 aromatic heterocycles. The first kappa shape index (κ1) is 52.9. The predicted octanol–water partition coefficient (Wildman–Crippen LogP) is 14.3. The minimum Gasteiger partial charge on any atom is -0.383 e. The predicted molar refractivity (Wildman–Crippen MR) is 278 cm³/mol. The molecule has 0 aliphatic heterocycles. The summed E-state index contributed by atoms with van der Waals surface area (Å²) in [4.78, 5) is 16.0. The van der Waals surface area contributed by atoms with Gasteiger partial charge in [0.05, 0.1) is 5.39 Å². The molecule has 0 saturated heterocycles.